The molecule has 0 aliphatic rings. The van der Waals surface area contributed by atoms with Crippen LogP contribution in [0, 0.1) is 10.1 Å². The summed E-state index contributed by atoms with van der Waals surface area (Å²) in [7, 11) is 1.97. The van der Waals surface area contributed by atoms with Gasteiger partial charge < -0.3 is 5.73 Å². The normalized spacial score (nSPS) is 10.8. The van der Waals surface area contributed by atoms with E-state index in [9.17, 15) is 10.1 Å². The van der Waals surface area contributed by atoms with Crippen LogP contribution in [0.4, 0.5) is 11.4 Å². The maximum Gasteiger partial charge on any atom is 0.269 e. The number of non-ortho nitro benzene ring substituents is 1. The van der Waals surface area contributed by atoms with Crippen LogP contribution in [-0.4, -0.2) is 16.9 Å². The Morgan fingerprint density at radius 2 is 2.16 bits per heavy atom. The molecule has 0 fully saturated rings. The van der Waals surface area contributed by atoms with E-state index < -0.39 is 4.92 Å². The average Bonchev–Trinajstić information content (AvgIpc) is 2.84. The fraction of sp³-hybridized carbons (Fsp3) is 0.231. The van der Waals surface area contributed by atoms with Crippen molar-refractivity contribution in [2.75, 3.05) is 12.8 Å². The minimum absolute atomic E-state index is 0.0775. The van der Waals surface area contributed by atoms with E-state index in [1.807, 2.05) is 18.5 Å². The number of anilines is 1. The Kier molecular flexibility index (Phi) is 4.13. The Morgan fingerprint density at radius 3 is 2.79 bits per heavy atom. The number of hydrogen-bond donors (Lipinski definition) is 1. The lowest BCUT2D eigenvalue weighted by atomic mass is 10.1. The van der Waals surface area contributed by atoms with Crippen molar-refractivity contribution in [2.45, 2.75) is 13.1 Å². The Balaban J connectivity index is 2.09. The van der Waals surface area contributed by atoms with Gasteiger partial charge in [-0.25, -0.2) is 0 Å². The number of benzene rings is 1. The summed E-state index contributed by atoms with van der Waals surface area (Å²) in [5, 5.41) is 12.8. The number of rotatable bonds is 5. The van der Waals surface area contributed by atoms with Gasteiger partial charge in [-0.3, -0.25) is 15.0 Å². The lowest BCUT2D eigenvalue weighted by Gasteiger charge is -2.16. The predicted octanol–water partition coefficient (Wildman–Crippen LogP) is 2.87. The predicted molar refractivity (Wildman–Crippen MR) is 77.0 cm³/mol. The van der Waals surface area contributed by atoms with Gasteiger partial charge in [0.15, 0.2) is 0 Å². The van der Waals surface area contributed by atoms with Crippen LogP contribution in [0.25, 0.3) is 0 Å². The van der Waals surface area contributed by atoms with Gasteiger partial charge in [-0.2, -0.15) is 0 Å². The number of nitro groups is 1. The number of hydrogen-bond acceptors (Lipinski definition) is 5. The SMILES string of the molecule is CN(Cc1cccs1)Cc1cc([N+](=O)[O-])ccc1N. The summed E-state index contributed by atoms with van der Waals surface area (Å²) >= 11 is 1.69. The zero-order valence-corrected chi connectivity index (χ0v) is 11.4. The minimum atomic E-state index is -0.401. The molecular weight excluding hydrogens is 262 g/mol. The van der Waals surface area contributed by atoms with Crippen LogP contribution in [0.3, 0.4) is 0 Å². The average molecular weight is 277 g/mol. The molecule has 0 amide bonds. The summed E-state index contributed by atoms with van der Waals surface area (Å²) in [6.07, 6.45) is 0. The molecule has 0 saturated carbocycles. The molecule has 2 rings (SSSR count). The third-order valence-corrected chi connectivity index (χ3v) is 3.64. The van der Waals surface area contributed by atoms with Crippen LogP contribution in [-0.2, 0) is 13.1 Å². The van der Waals surface area contributed by atoms with E-state index in [0.717, 1.165) is 12.1 Å². The van der Waals surface area contributed by atoms with Crippen LogP contribution in [0.15, 0.2) is 35.7 Å². The van der Waals surface area contributed by atoms with E-state index in [2.05, 4.69) is 11.0 Å². The first kappa shape index (κ1) is 13.5. The zero-order chi connectivity index (χ0) is 13.8. The number of thiophene rings is 1. The fourth-order valence-corrected chi connectivity index (χ4v) is 2.64. The molecule has 1 aromatic heterocycles. The van der Waals surface area contributed by atoms with Gasteiger partial charge in [0, 0.05) is 35.8 Å². The van der Waals surface area contributed by atoms with E-state index in [1.165, 1.54) is 10.9 Å². The second-order valence-electron chi connectivity index (χ2n) is 4.39. The summed E-state index contributed by atoms with van der Waals surface area (Å²) in [4.78, 5) is 13.7. The van der Waals surface area contributed by atoms with Gasteiger partial charge in [0.1, 0.15) is 0 Å². The summed E-state index contributed by atoms with van der Waals surface area (Å²) in [6.45, 7) is 1.39. The van der Waals surface area contributed by atoms with Crippen molar-refractivity contribution in [1.29, 1.82) is 0 Å². The fourth-order valence-electron chi connectivity index (χ4n) is 1.86. The highest BCUT2D eigenvalue weighted by Gasteiger charge is 2.11. The number of nitrogen functional groups attached to an aromatic ring is 1. The first-order valence-electron chi connectivity index (χ1n) is 5.80. The van der Waals surface area contributed by atoms with E-state index in [1.54, 1.807) is 23.5 Å². The molecular formula is C13H15N3O2S. The van der Waals surface area contributed by atoms with E-state index >= 15 is 0 Å². The quantitative estimate of drug-likeness (QED) is 0.518. The van der Waals surface area contributed by atoms with Gasteiger partial charge in [0.05, 0.1) is 4.92 Å². The highest BCUT2D eigenvalue weighted by atomic mass is 32.1. The standard InChI is InChI=1S/C13H15N3O2S/c1-15(9-12-3-2-6-19-12)8-10-7-11(16(17)18)4-5-13(10)14/h2-7H,8-9,14H2,1H3. The number of nitrogens with zero attached hydrogens (tertiary/aromatic N) is 2. The third kappa shape index (κ3) is 3.52. The molecule has 0 atom stereocenters. The van der Waals surface area contributed by atoms with Gasteiger partial charge in [-0.05, 0) is 30.1 Å². The zero-order valence-electron chi connectivity index (χ0n) is 10.6. The van der Waals surface area contributed by atoms with Crippen LogP contribution in [0.2, 0.25) is 0 Å². The summed E-state index contributed by atoms with van der Waals surface area (Å²) < 4.78 is 0. The van der Waals surface area contributed by atoms with E-state index in [4.69, 9.17) is 5.73 Å². The Bertz CT molecular complexity index is 569. The maximum atomic E-state index is 10.8. The second kappa shape index (κ2) is 5.81. The van der Waals surface area contributed by atoms with Crippen molar-refractivity contribution in [3.63, 3.8) is 0 Å². The molecule has 0 spiro atoms. The van der Waals surface area contributed by atoms with E-state index in [0.29, 0.717) is 12.2 Å². The summed E-state index contributed by atoms with van der Waals surface area (Å²) in [6, 6.07) is 8.64. The van der Waals surface area contributed by atoms with Crippen molar-refractivity contribution < 1.29 is 4.92 Å². The first-order chi connectivity index (χ1) is 9.06. The van der Waals surface area contributed by atoms with Gasteiger partial charge in [0.2, 0.25) is 0 Å². The highest BCUT2D eigenvalue weighted by Crippen LogP contribution is 2.21. The molecule has 6 heteroatoms. The molecule has 1 aromatic carbocycles. The van der Waals surface area contributed by atoms with Crippen LogP contribution < -0.4 is 5.73 Å². The molecule has 1 heterocycles. The molecule has 19 heavy (non-hydrogen) atoms. The Labute approximate surface area is 115 Å². The minimum Gasteiger partial charge on any atom is -0.398 e. The second-order valence-corrected chi connectivity index (χ2v) is 5.42. The van der Waals surface area contributed by atoms with Crippen molar-refractivity contribution >= 4 is 22.7 Å². The molecule has 2 N–H and O–H groups in total. The molecule has 0 aliphatic carbocycles. The lowest BCUT2D eigenvalue weighted by molar-refractivity contribution is -0.384. The summed E-state index contributed by atoms with van der Waals surface area (Å²) in [5.74, 6) is 0. The van der Waals surface area contributed by atoms with Crippen molar-refractivity contribution in [3.8, 4) is 0 Å². The molecule has 2 aromatic rings. The topological polar surface area (TPSA) is 72.4 Å². The van der Waals surface area contributed by atoms with Crippen LogP contribution >= 0.6 is 11.3 Å². The number of nitro benzene ring substituents is 1. The summed E-state index contributed by atoms with van der Waals surface area (Å²) in [5.41, 5.74) is 7.31. The molecule has 0 unspecified atom stereocenters. The largest absolute Gasteiger partial charge is 0.398 e. The lowest BCUT2D eigenvalue weighted by Crippen LogP contribution is -2.17. The molecule has 0 bridgehead atoms. The molecule has 5 nitrogen and oxygen atoms in total. The van der Waals surface area contributed by atoms with Gasteiger partial charge >= 0.3 is 0 Å². The maximum absolute atomic E-state index is 10.8. The van der Waals surface area contributed by atoms with Crippen LogP contribution in [0.5, 0.6) is 0 Å². The first-order valence-corrected chi connectivity index (χ1v) is 6.68. The molecule has 0 radical (unpaired) electrons. The van der Waals surface area contributed by atoms with Crippen molar-refractivity contribution in [1.82, 2.24) is 4.90 Å². The molecule has 0 saturated heterocycles. The smallest absolute Gasteiger partial charge is 0.269 e. The number of nitrogens with two attached hydrogens (primary N) is 1. The van der Waals surface area contributed by atoms with Gasteiger partial charge in [0.25, 0.3) is 5.69 Å². The van der Waals surface area contributed by atoms with Crippen molar-refractivity contribution in [3.05, 3.63) is 56.3 Å². The Hall–Kier alpha value is -1.92. The monoisotopic (exact) mass is 277 g/mol. The third-order valence-electron chi connectivity index (χ3n) is 2.78. The van der Waals surface area contributed by atoms with Gasteiger partial charge in [-0.1, -0.05) is 6.07 Å². The highest BCUT2D eigenvalue weighted by molar-refractivity contribution is 7.09. The van der Waals surface area contributed by atoms with E-state index in [-0.39, 0.29) is 5.69 Å². The Morgan fingerprint density at radius 1 is 1.37 bits per heavy atom. The molecule has 0 aliphatic heterocycles. The molecule has 100 valence electrons. The van der Waals surface area contributed by atoms with Gasteiger partial charge in [-0.15, -0.1) is 11.3 Å². The van der Waals surface area contributed by atoms with Crippen LogP contribution in [0.1, 0.15) is 10.4 Å². The van der Waals surface area contributed by atoms with Crippen molar-refractivity contribution in [2.24, 2.45) is 0 Å².